The van der Waals surface area contributed by atoms with Gasteiger partial charge in [0.25, 0.3) is 0 Å². The monoisotopic (exact) mass is 235 g/mol. The van der Waals surface area contributed by atoms with Gasteiger partial charge in [-0.1, -0.05) is 28.9 Å². The van der Waals surface area contributed by atoms with Crippen LogP contribution in [0.4, 0.5) is 0 Å². The molecule has 0 aliphatic rings. The summed E-state index contributed by atoms with van der Waals surface area (Å²) in [6.07, 6.45) is 1.24. The van der Waals surface area contributed by atoms with Crippen LogP contribution in [0.5, 0.6) is 0 Å². The van der Waals surface area contributed by atoms with Crippen molar-refractivity contribution in [3.63, 3.8) is 0 Å². The summed E-state index contributed by atoms with van der Waals surface area (Å²) in [4.78, 5) is 0. The van der Waals surface area contributed by atoms with Crippen molar-refractivity contribution in [3.8, 4) is 11.3 Å². The molecule has 0 amide bonds. The van der Waals surface area contributed by atoms with Crippen LogP contribution in [0.1, 0.15) is 11.3 Å². The van der Waals surface area contributed by atoms with E-state index in [9.17, 15) is 0 Å². The van der Waals surface area contributed by atoms with Crippen LogP contribution >= 0.6 is 11.6 Å². The molecule has 0 unspecified atom stereocenters. The highest BCUT2D eigenvalue weighted by Gasteiger charge is 2.08. The SMILES string of the molecule is Cc1c(Cl)cccc1-c1ccc(/C=N/O)o1. The molecule has 0 atom stereocenters. The van der Waals surface area contributed by atoms with E-state index >= 15 is 0 Å². The molecule has 1 aromatic carbocycles. The summed E-state index contributed by atoms with van der Waals surface area (Å²) in [5, 5.41) is 12.0. The second-order valence-electron chi connectivity index (χ2n) is 3.36. The molecular weight excluding hydrogens is 226 g/mol. The summed E-state index contributed by atoms with van der Waals surface area (Å²) in [7, 11) is 0. The summed E-state index contributed by atoms with van der Waals surface area (Å²) >= 11 is 6.02. The number of oxime groups is 1. The van der Waals surface area contributed by atoms with Crippen LogP contribution in [-0.4, -0.2) is 11.4 Å². The van der Waals surface area contributed by atoms with Crippen LogP contribution in [0.25, 0.3) is 11.3 Å². The molecular formula is C12H10ClNO2. The summed E-state index contributed by atoms with van der Waals surface area (Å²) in [6.45, 7) is 1.93. The Morgan fingerprint density at radius 1 is 1.31 bits per heavy atom. The molecule has 16 heavy (non-hydrogen) atoms. The molecule has 1 aromatic heterocycles. The first kappa shape index (κ1) is 10.8. The van der Waals surface area contributed by atoms with E-state index < -0.39 is 0 Å². The topological polar surface area (TPSA) is 45.7 Å². The van der Waals surface area contributed by atoms with Crippen LogP contribution in [-0.2, 0) is 0 Å². The van der Waals surface area contributed by atoms with E-state index in [1.165, 1.54) is 6.21 Å². The van der Waals surface area contributed by atoms with Gasteiger partial charge in [0, 0.05) is 10.6 Å². The van der Waals surface area contributed by atoms with Crippen LogP contribution in [0.15, 0.2) is 39.9 Å². The number of benzene rings is 1. The lowest BCUT2D eigenvalue weighted by Crippen LogP contribution is -1.81. The minimum absolute atomic E-state index is 0.497. The summed E-state index contributed by atoms with van der Waals surface area (Å²) < 4.78 is 5.48. The van der Waals surface area contributed by atoms with Gasteiger partial charge in [0.15, 0.2) is 0 Å². The average Bonchev–Trinajstić information content (AvgIpc) is 2.71. The molecule has 0 spiro atoms. The quantitative estimate of drug-likeness (QED) is 0.490. The molecule has 0 aliphatic heterocycles. The Kier molecular flexibility index (Phi) is 2.97. The zero-order valence-corrected chi connectivity index (χ0v) is 9.40. The van der Waals surface area contributed by atoms with Gasteiger partial charge in [-0.05, 0) is 30.7 Å². The third-order valence-corrected chi connectivity index (χ3v) is 2.75. The van der Waals surface area contributed by atoms with Gasteiger partial charge in [-0.2, -0.15) is 0 Å². The molecule has 0 radical (unpaired) electrons. The Morgan fingerprint density at radius 2 is 2.12 bits per heavy atom. The number of hydrogen-bond acceptors (Lipinski definition) is 3. The Labute approximate surface area is 98.0 Å². The van der Waals surface area contributed by atoms with E-state index in [2.05, 4.69) is 5.16 Å². The van der Waals surface area contributed by atoms with E-state index in [1.54, 1.807) is 6.07 Å². The fraction of sp³-hybridized carbons (Fsp3) is 0.0833. The fourth-order valence-electron chi connectivity index (χ4n) is 1.50. The zero-order valence-electron chi connectivity index (χ0n) is 8.64. The van der Waals surface area contributed by atoms with E-state index in [1.807, 2.05) is 31.2 Å². The molecule has 4 heteroatoms. The fourth-order valence-corrected chi connectivity index (χ4v) is 1.67. The van der Waals surface area contributed by atoms with Gasteiger partial charge in [0.05, 0.1) is 0 Å². The summed E-state index contributed by atoms with van der Waals surface area (Å²) in [5.74, 6) is 1.20. The first-order valence-electron chi connectivity index (χ1n) is 4.75. The van der Waals surface area contributed by atoms with Gasteiger partial charge in [-0.3, -0.25) is 0 Å². The highest BCUT2D eigenvalue weighted by atomic mass is 35.5. The van der Waals surface area contributed by atoms with Crippen molar-refractivity contribution in [2.45, 2.75) is 6.92 Å². The predicted octanol–water partition coefficient (Wildman–Crippen LogP) is 3.72. The second-order valence-corrected chi connectivity index (χ2v) is 3.77. The van der Waals surface area contributed by atoms with Gasteiger partial charge in [0.1, 0.15) is 17.7 Å². The average molecular weight is 236 g/mol. The van der Waals surface area contributed by atoms with Gasteiger partial charge in [0.2, 0.25) is 0 Å². The van der Waals surface area contributed by atoms with Crippen molar-refractivity contribution in [3.05, 3.63) is 46.7 Å². The zero-order chi connectivity index (χ0) is 11.5. The van der Waals surface area contributed by atoms with Crippen LogP contribution < -0.4 is 0 Å². The molecule has 0 saturated carbocycles. The van der Waals surface area contributed by atoms with E-state index in [0.29, 0.717) is 16.5 Å². The summed E-state index contributed by atoms with van der Waals surface area (Å²) in [6, 6.07) is 9.18. The summed E-state index contributed by atoms with van der Waals surface area (Å²) in [5.41, 5.74) is 1.90. The van der Waals surface area contributed by atoms with Crippen LogP contribution in [0, 0.1) is 6.92 Å². The van der Waals surface area contributed by atoms with Gasteiger partial charge < -0.3 is 9.62 Å². The maximum Gasteiger partial charge on any atom is 0.149 e. The van der Waals surface area contributed by atoms with E-state index in [0.717, 1.165) is 11.1 Å². The largest absolute Gasteiger partial charge is 0.455 e. The van der Waals surface area contributed by atoms with Crippen molar-refractivity contribution < 1.29 is 9.62 Å². The Balaban J connectivity index is 2.46. The normalized spacial score (nSPS) is 11.1. The smallest absolute Gasteiger partial charge is 0.149 e. The third-order valence-electron chi connectivity index (χ3n) is 2.34. The van der Waals surface area contributed by atoms with Gasteiger partial charge in [-0.25, -0.2) is 0 Å². The van der Waals surface area contributed by atoms with Crippen molar-refractivity contribution in [1.82, 2.24) is 0 Å². The second kappa shape index (κ2) is 4.41. The first-order chi connectivity index (χ1) is 7.72. The molecule has 2 rings (SSSR count). The van der Waals surface area contributed by atoms with E-state index in [-0.39, 0.29) is 0 Å². The Morgan fingerprint density at radius 3 is 2.88 bits per heavy atom. The lowest BCUT2D eigenvalue weighted by Gasteiger charge is -2.03. The molecule has 2 aromatic rings. The van der Waals surface area contributed by atoms with Crippen molar-refractivity contribution in [2.75, 3.05) is 0 Å². The van der Waals surface area contributed by atoms with Crippen molar-refractivity contribution >= 4 is 17.8 Å². The Bertz CT molecular complexity index is 532. The van der Waals surface area contributed by atoms with Crippen LogP contribution in [0.2, 0.25) is 5.02 Å². The molecule has 0 bridgehead atoms. The standard InChI is InChI=1S/C12H10ClNO2/c1-8-10(3-2-4-11(8)13)12-6-5-9(16-12)7-14-15/h2-7,15H,1H3/b14-7+. The lowest BCUT2D eigenvalue weighted by molar-refractivity contribution is 0.321. The van der Waals surface area contributed by atoms with Crippen LogP contribution in [0.3, 0.4) is 0 Å². The molecule has 3 nitrogen and oxygen atoms in total. The van der Waals surface area contributed by atoms with Gasteiger partial charge >= 0.3 is 0 Å². The maximum absolute atomic E-state index is 8.39. The minimum Gasteiger partial charge on any atom is -0.455 e. The van der Waals surface area contributed by atoms with Crippen molar-refractivity contribution in [2.24, 2.45) is 5.16 Å². The molecule has 82 valence electrons. The number of furan rings is 1. The number of halogens is 1. The number of rotatable bonds is 2. The molecule has 0 aliphatic carbocycles. The molecule has 1 heterocycles. The Hall–Kier alpha value is -1.74. The highest BCUT2D eigenvalue weighted by molar-refractivity contribution is 6.31. The third kappa shape index (κ3) is 1.95. The van der Waals surface area contributed by atoms with Gasteiger partial charge in [-0.15, -0.1) is 0 Å². The molecule has 0 saturated heterocycles. The lowest BCUT2D eigenvalue weighted by atomic mass is 10.1. The highest BCUT2D eigenvalue weighted by Crippen LogP contribution is 2.29. The maximum atomic E-state index is 8.39. The predicted molar refractivity (Wildman–Crippen MR) is 63.3 cm³/mol. The first-order valence-corrected chi connectivity index (χ1v) is 5.13. The minimum atomic E-state index is 0.497. The van der Waals surface area contributed by atoms with E-state index in [4.69, 9.17) is 21.2 Å². The molecule has 1 N–H and O–H groups in total. The number of hydrogen-bond donors (Lipinski definition) is 1. The number of nitrogens with zero attached hydrogens (tertiary/aromatic N) is 1. The van der Waals surface area contributed by atoms with Crippen molar-refractivity contribution in [1.29, 1.82) is 0 Å². The molecule has 0 fully saturated rings.